The molecule has 0 saturated heterocycles. The van der Waals surface area contributed by atoms with Crippen molar-refractivity contribution in [3.8, 4) is 11.5 Å². The maximum Gasteiger partial charge on any atom is 0.250 e. The number of para-hydroxylation sites is 1. The van der Waals surface area contributed by atoms with E-state index in [0.29, 0.717) is 18.3 Å². The molecule has 1 amide bonds. The van der Waals surface area contributed by atoms with Crippen LogP contribution in [0.5, 0.6) is 11.5 Å². The van der Waals surface area contributed by atoms with Crippen LogP contribution in [0.3, 0.4) is 0 Å². The van der Waals surface area contributed by atoms with Crippen LogP contribution in [-0.2, 0) is 4.79 Å². The largest absolute Gasteiger partial charge is 0.496 e. The van der Waals surface area contributed by atoms with Gasteiger partial charge in [-0.1, -0.05) is 32.0 Å². The molecule has 0 fully saturated rings. The molecule has 0 atom stereocenters. The topological polar surface area (TPSA) is 59.6 Å². The van der Waals surface area contributed by atoms with Gasteiger partial charge in [0.2, 0.25) is 5.91 Å². The molecule has 2 aromatic carbocycles. The minimum atomic E-state index is -0.324. The molecule has 27 heavy (non-hydrogen) atoms. The molecule has 0 saturated carbocycles. The summed E-state index contributed by atoms with van der Waals surface area (Å²) in [6.45, 7) is 4.86. The molecule has 0 spiro atoms. The number of carbonyl (C=O) groups excluding carboxylic acids is 1. The van der Waals surface area contributed by atoms with Gasteiger partial charge in [-0.2, -0.15) is 0 Å². The number of nitrogens with one attached hydrogen (secondary N) is 2. The number of amides is 1. The Hall–Kier alpha value is -2.86. The van der Waals surface area contributed by atoms with Crippen LogP contribution in [0.4, 0.5) is 5.69 Å². The van der Waals surface area contributed by atoms with E-state index in [1.807, 2.05) is 48.5 Å². The average Bonchev–Trinajstić information content (AvgIpc) is 2.66. The van der Waals surface area contributed by atoms with Gasteiger partial charge < -0.3 is 14.8 Å². The number of anilines is 1. The number of rotatable bonds is 7. The monoisotopic (exact) mass is 384 g/mol. The quantitative estimate of drug-likeness (QED) is 0.552. The third kappa shape index (κ3) is 7.11. The second-order valence-electron chi connectivity index (χ2n) is 6.25. The van der Waals surface area contributed by atoms with Gasteiger partial charge in [0.25, 0.3) is 0 Å². The van der Waals surface area contributed by atoms with E-state index in [9.17, 15) is 4.79 Å². The average molecular weight is 385 g/mol. The molecule has 0 aliphatic heterocycles. The maximum atomic E-state index is 12.0. The summed E-state index contributed by atoms with van der Waals surface area (Å²) in [7, 11) is 1.59. The zero-order valence-electron chi connectivity index (χ0n) is 15.7. The van der Waals surface area contributed by atoms with E-state index < -0.39 is 0 Å². The van der Waals surface area contributed by atoms with Crippen molar-refractivity contribution >= 4 is 35.0 Å². The molecular weight excluding hydrogens is 360 g/mol. The van der Waals surface area contributed by atoms with E-state index in [2.05, 4.69) is 24.5 Å². The number of carbonyl (C=O) groups is 1. The lowest BCUT2D eigenvalue weighted by Crippen LogP contribution is -2.32. The van der Waals surface area contributed by atoms with Crippen LogP contribution in [0.15, 0.2) is 54.6 Å². The Balaban J connectivity index is 1.86. The van der Waals surface area contributed by atoms with Crippen molar-refractivity contribution in [1.29, 1.82) is 0 Å². The first-order valence-electron chi connectivity index (χ1n) is 8.64. The second kappa shape index (κ2) is 10.3. The van der Waals surface area contributed by atoms with Crippen LogP contribution >= 0.6 is 12.2 Å². The summed E-state index contributed by atoms with van der Waals surface area (Å²) in [5.74, 6) is 1.63. The lowest BCUT2D eigenvalue weighted by atomic mass is 10.2. The maximum absolute atomic E-state index is 12.0. The van der Waals surface area contributed by atoms with E-state index in [-0.39, 0.29) is 11.0 Å². The van der Waals surface area contributed by atoms with Crippen LogP contribution in [-0.4, -0.2) is 24.7 Å². The predicted molar refractivity (Wildman–Crippen MR) is 113 cm³/mol. The summed E-state index contributed by atoms with van der Waals surface area (Å²) < 4.78 is 10.9. The van der Waals surface area contributed by atoms with Crippen molar-refractivity contribution < 1.29 is 14.3 Å². The van der Waals surface area contributed by atoms with Crippen LogP contribution < -0.4 is 20.1 Å². The van der Waals surface area contributed by atoms with Gasteiger partial charge in [0.15, 0.2) is 5.11 Å². The fourth-order valence-corrected chi connectivity index (χ4v) is 2.40. The fourth-order valence-electron chi connectivity index (χ4n) is 2.18. The van der Waals surface area contributed by atoms with Gasteiger partial charge in [0.1, 0.15) is 11.5 Å². The zero-order valence-corrected chi connectivity index (χ0v) is 16.5. The van der Waals surface area contributed by atoms with Gasteiger partial charge >= 0.3 is 0 Å². The molecule has 0 heterocycles. The van der Waals surface area contributed by atoms with Crippen molar-refractivity contribution in [3.05, 3.63) is 60.2 Å². The minimum Gasteiger partial charge on any atom is -0.496 e. The molecule has 2 N–H and O–H groups in total. The first kappa shape index (κ1) is 20.5. The molecule has 0 bridgehead atoms. The third-order valence-electron chi connectivity index (χ3n) is 3.49. The van der Waals surface area contributed by atoms with E-state index in [1.54, 1.807) is 13.2 Å². The number of hydrogen-bond acceptors (Lipinski definition) is 4. The van der Waals surface area contributed by atoms with Gasteiger partial charge in [-0.25, -0.2) is 0 Å². The molecule has 0 aliphatic carbocycles. The standard InChI is InChI=1S/C21H24N2O3S/c1-15(2)14-26-18-11-9-17(10-12-18)22-21(27)23-20(24)13-8-16-6-4-5-7-19(16)25-3/h4-13,15H,14H2,1-3H3,(H2,22,23,24,27). The van der Waals surface area contributed by atoms with Gasteiger partial charge in [-0.05, 0) is 54.5 Å². The smallest absolute Gasteiger partial charge is 0.250 e. The summed E-state index contributed by atoms with van der Waals surface area (Å²) in [5.41, 5.74) is 1.58. The van der Waals surface area contributed by atoms with Crippen molar-refractivity contribution in [2.24, 2.45) is 5.92 Å². The third-order valence-corrected chi connectivity index (χ3v) is 3.69. The summed E-state index contributed by atoms with van der Waals surface area (Å²) >= 11 is 5.18. The van der Waals surface area contributed by atoms with Gasteiger partial charge in [-0.15, -0.1) is 0 Å². The van der Waals surface area contributed by atoms with E-state index in [1.165, 1.54) is 6.08 Å². The van der Waals surface area contributed by atoms with Crippen LogP contribution in [0, 0.1) is 5.92 Å². The van der Waals surface area contributed by atoms with Crippen molar-refractivity contribution in [3.63, 3.8) is 0 Å². The molecule has 2 rings (SSSR count). The Kier molecular flexibility index (Phi) is 7.82. The second-order valence-corrected chi connectivity index (χ2v) is 6.66. The van der Waals surface area contributed by atoms with Crippen LogP contribution in [0.25, 0.3) is 6.08 Å². The van der Waals surface area contributed by atoms with Crippen LogP contribution in [0.2, 0.25) is 0 Å². The minimum absolute atomic E-state index is 0.223. The first-order valence-corrected chi connectivity index (χ1v) is 9.04. The molecule has 6 heteroatoms. The molecule has 0 unspecified atom stereocenters. The van der Waals surface area contributed by atoms with E-state index >= 15 is 0 Å². The lowest BCUT2D eigenvalue weighted by Gasteiger charge is -2.11. The number of ether oxygens (including phenoxy) is 2. The SMILES string of the molecule is COc1ccccc1C=CC(=O)NC(=S)Nc1ccc(OCC(C)C)cc1. The normalized spacial score (nSPS) is 10.7. The number of benzene rings is 2. The highest BCUT2D eigenvalue weighted by Gasteiger charge is 2.04. The molecule has 2 aromatic rings. The summed E-state index contributed by atoms with van der Waals surface area (Å²) in [6.07, 6.45) is 3.09. The Bertz CT molecular complexity index is 801. The Morgan fingerprint density at radius 3 is 2.52 bits per heavy atom. The highest BCUT2D eigenvalue weighted by Crippen LogP contribution is 2.18. The fraction of sp³-hybridized carbons (Fsp3) is 0.238. The highest BCUT2D eigenvalue weighted by molar-refractivity contribution is 7.80. The molecule has 5 nitrogen and oxygen atoms in total. The summed E-state index contributed by atoms with van der Waals surface area (Å²) in [4.78, 5) is 12.0. The van der Waals surface area contributed by atoms with E-state index in [4.69, 9.17) is 21.7 Å². The van der Waals surface area contributed by atoms with Crippen molar-refractivity contribution in [1.82, 2.24) is 5.32 Å². The molecular formula is C21H24N2O3S. The Morgan fingerprint density at radius 1 is 1.15 bits per heavy atom. The predicted octanol–water partition coefficient (Wildman–Crippen LogP) is 4.26. The summed E-state index contributed by atoms with van der Waals surface area (Å²) in [5, 5.41) is 5.81. The van der Waals surface area contributed by atoms with Crippen molar-refractivity contribution in [2.45, 2.75) is 13.8 Å². The molecule has 142 valence electrons. The summed E-state index contributed by atoms with van der Waals surface area (Å²) in [6, 6.07) is 14.8. The first-order chi connectivity index (χ1) is 13.0. The van der Waals surface area contributed by atoms with Gasteiger partial charge in [0, 0.05) is 17.3 Å². The van der Waals surface area contributed by atoms with Gasteiger partial charge in [0.05, 0.1) is 13.7 Å². The molecule has 0 aromatic heterocycles. The highest BCUT2D eigenvalue weighted by atomic mass is 32.1. The number of hydrogen-bond donors (Lipinski definition) is 2. The van der Waals surface area contributed by atoms with Crippen molar-refractivity contribution in [2.75, 3.05) is 19.0 Å². The number of methoxy groups -OCH3 is 1. The zero-order chi connectivity index (χ0) is 19.6. The lowest BCUT2D eigenvalue weighted by molar-refractivity contribution is -0.115. The van der Waals surface area contributed by atoms with E-state index in [0.717, 1.165) is 17.0 Å². The Labute approximate surface area is 165 Å². The van der Waals surface area contributed by atoms with Crippen LogP contribution in [0.1, 0.15) is 19.4 Å². The molecule has 0 aliphatic rings. The molecule has 0 radical (unpaired) electrons. The Morgan fingerprint density at radius 2 is 1.85 bits per heavy atom. The number of thiocarbonyl (C=S) groups is 1. The van der Waals surface area contributed by atoms with Gasteiger partial charge in [-0.3, -0.25) is 10.1 Å².